The zero-order chi connectivity index (χ0) is 10.6. The van der Waals surface area contributed by atoms with Crippen LogP contribution in [0.25, 0.3) is 0 Å². The number of benzene rings is 1. The van der Waals surface area contributed by atoms with E-state index in [-0.39, 0.29) is 18.2 Å². The molecule has 0 amide bonds. The molecule has 0 fully saturated rings. The highest BCUT2D eigenvalue weighted by Gasteiger charge is 2.05. The first-order valence-electron chi connectivity index (χ1n) is 4.75. The Labute approximate surface area is 101 Å². The van der Waals surface area contributed by atoms with Gasteiger partial charge in [-0.3, -0.25) is 0 Å². The van der Waals surface area contributed by atoms with E-state index in [0.717, 1.165) is 6.54 Å². The molecule has 0 bridgehead atoms. The number of rotatable bonds is 4. The smallest absolute Gasteiger partial charge is 0.129 e. The van der Waals surface area contributed by atoms with Gasteiger partial charge in [-0.05, 0) is 24.6 Å². The molecule has 0 aliphatic heterocycles. The SMILES string of the molecule is CC(C)CNCc1c(F)cccc1Cl.Cl. The van der Waals surface area contributed by atoms with E-state index in [9.17, 15) is 4.39 Å². The lowest BCUT2D eigenvalue weighted by molar-refractivity contribution is 0.535. The van der Waals surface area contributed by atoms with E-state index < -0.39 is 0 Å². The highest BCUT2D eigenvalue weighted by molar-refractivity contribution is 6.31. The van der Waals surface area contributed by atoms with E-state index in [1.54, 1.807) is 12.1 Å². The molecule has 0 saturated carbocycles. The Morgan fingerprint density at radius 1 is 1.40 bits per heavy atom. The van der Waals surface area contributed by atoms with E-state index >= 15 is 0 Å². The van der Waals surface area contributed by atoms with Gasteiger partial charge in [0.05, 0.1) is 0 Å². The van der Waals surface area contributed by atoms with Crippen molar-refractivity contribution in [3.05, 3.63) is 34.6 Å². The fourth-order valence-corrected chi connectivity index (χ4v) is 1.42. The molecular formula is C11H16Cl2FN. The minimum Gasteiger partial charge on any atom is -0.312 e. The fraction of sp³-hybridized carbons (Fsp3) is 0.455. The number of nitrogens with one attached hydrogen (secondary N) is 1. The van der Waals surface area contributed by atoms with Gasteiger partial charge in [-0.25, -0.2) is 4.39 Å². The molecule has 4 heteroatoms. The Morgan fingerprint density at radius 2 is 2.07 bits per heavy atom. The third-order valence-electron chi connectivity index (χ3n) is 1.92. The molecular weight excluding hydrogens is 236 g/mol. The highest BCUT2D eigenvalue weighted by Crippen LogP contribution is 2.18. The van der Waals surface area contributed by atoms with E-state index in [1.807, 2.05) is 0 Å². The van der Waals surface area contributed by atoms with Gasteiger partial charge in [0.15, 0.2) is 0 Å². The van der Waals surface area contributed by atoms with Gasteiger partial charge in [-0.15, -0.1) is 12.4 Å². The van der Waals surface area contributed by atoms with Crippen LogP contribution in [-0.2, 0) is 6.54 Å². The first-order valence-corrected chi connectivity index (χ1v) is 5.12. The van der Waals surface area contributed by atoms with Crippen LogP contribution in [0, 0.1) is 11.7 Å². The van der Waals surface area contributed by atoms with E-state index in [4.69, 9.17) is 11.6 Å². The molecule has 0 aliphatic rings. The van der Waals surface area contributed by atoms with Crippen LogP contribution in [0.1, 0.15) is 19.4 Å². The monoisotopic (exact) mass is 251 g/mol. The Bertz CT molecular complexity index is 282. The molecule has 1 nitrogen and oxygen atoms in total. The van der Waals surface area contributed by atoms with Crippen molar-refractivity contribution >= 4 is 24.0 Å². The summed E-state index contributed by atoms with van der Waals surface area (Å²) in [4.78, 5) is 0. The largest absolute Gasteiger partial charge is 0.312 e. The molecule has 1 N–H and O–H groups in total. The van der Waals surface area contributed by atoms with Crippen molar-refractivity contribution in [2.45, 2.75) is 20.4 Å². The maximum Gasteiger partial charge on any atom is 0.129 e. The van der Waals surface area contributed by atoms with Crippen molar-refractivity contribution in [2.75, 3.05) is 6.54 Å². The zero-order valence-electron chi connectivity index (χ0n) is 8.89. The van der Waals surface area contributed by atoms with Crippen LogP contribution in [0.15, 0.2) is 18.2 Å². The van der Waals surface area contributed by atoms with E-state index in [1.165, 1.54) is 6.07 Å². The highest BCUT2D eigenvalue weighted by atomic mass is 35.5. The lowest BCUT2D eigenvalue weighted by Crippen LogP contribution is -2.19. The molecule has 0 saturated heterocycles. The van der Waals surface area contributed by atoms with Gasteiger partial charge >= 0.3 is 0 Å². The molecule has 0 aromatic heterocycles. The fourth-order valence-electron chi connectivity index (χ4n) is 1.19. The van der Waals surface area contributed by atoms with Crippen LogP contribution in [-0.4, -0.2) is 6.54 Å². The predicted molar refractivity (Wildman–Crippen MR) is 65.2 cm³/mol. The van der Waals surface area contributed by atoms with Crippen LogP contribution >= 0.6 is 24.0 Å². The second-order valence-electron chi connectivity index (χ2n) is 3.72. The summed E-state index contributed by atoms with van der Waals surface area (Å²) in [5.74, 6) is 0.314. The van der Waals surface area contributed by atoms with Gasteiger partial charge in [0.2, 0.25) is 0 Å². The third-order valence-corrected chi connectivity index (χ3v) is 2.27. The molecule has 15 heavy (non-hydrogen) atoms. The average molecular weight is 252 g/mol. The summed E-state index contributed by atoms with van der Waals surface area (Å²) in [6.07, 6.45) is 0. The lowest BCUT2D eigenvalue weighted by atomic mass is 10.2. The van der Waals surface area contributed by atoms with Crippen molar-refractivity contribution in [2.24, 2.45) is 5.92 Å². The van der Waals surface area contributed by atoms with Gasteiger partial charge in [-0.2, -0.15) is 0 Å². The van der Waals surface area contributed by atoms with Crippen LogP contribution in [0.2, 0.25) is 5.02 Å². The molecule has 86 valence electrons. The molecule has 0 radical (unpaired) electrons. The third kappa shape index (κ3) is 4.83. The van der Waals surface area contributed by atoms with Crippen molar-refractivity contribution in [3.63, 3.8) is 0 Å². The summed E-state index contributed by atoms with van der Waals surface area (Å²) in [5, 5.41) is 3.65. The van der Waals surface area contributed by atoms with Crippen molar-refractivity contribution in [1.82, 2.24) is 5.32 Å². The quantitative estimate of drug-likeness (QED) is 0.862. The van der Waals surface area contributed by atoms with Crippen molar-refractivity contribution in [3.8, 4) is 0 Å². The number of hydrogen-bond acceptors (Lipinski definition) is 1. The maximum atomic E-state index is 13.3. The molecule has 0 aliphatic carbocycles. The summed E-state index contributed by atoms with van der Waals surface area (Å²) in [5.41, 5.74) is 0.551. The molecule has 0 spiro atoms. The minimum absolute atomic E-state index is 0. The first-order chi connectivity index (χ1) is 6.61. The Hall–Kier alpha value is -0.310. The Morgan fingerprint density at radius 3 is 2.60 bits per heavy atom. The van der Waals surface area contributed by atoms with Gasteiger partial charge in [-0.1, -0.05) is 31.5 Å². The van der Waals surface area contributed by atoms with Crippen LogP contribution in [0.4, 0.5) is 4.39 Å². The summed E-state index contributed by atoms with van der Waals surface area (Å²) in [6.45, 7) is 5.57. The molecule has 1 aromatic rings. The number of hydrogen-bond donors (Lipinski definition) is 1. The summed E-state index contributed by atoms with van der Waals surface area (Å²) >= 11 is 5.86. The first kappa shape index (κ1) is 14.7. The maximum absolute atomic E-state index is 13.3. The van der Waals surface area contributed by atoms with Gasteiger partial charge in [0.25, 0.3) is 0 Å². The zero-order valence-corrected chi connectivity index (χ0v) is 10.5. The van der Waals surface area contributed by atoms with Crippen molar-refractivity contribution in [1.29, 1.82) is 0 Å². The number of halogens is 3. The van der Waals surface area contributed by atoms with Crippen LogP contribution in [0.3, 0.4) is 0 Å². The van der Waals surface area contributed by atoms with Crippen molar-refractivity contribution < 1.29 is 4.39 Å². The predicted octanol–water partition coefficient (Wildman–Crippen LogP) is 3.65. The molecule has 1 aromatic carbocycles. The second-order valence-corrected chi connectivity index (χ2v) is 4.13. The Balaban J connectivity index is 0.00000196. The van der Waals surface area contributed by atoms with Crippen LogP contribution < -0.4 is 5.32 Å². The molecule has 0 unspecified atom stereocenters. The molecule has 0 heterocycles. The van der Waals surface area contributed by atoms with Gasteiger partial charge in [0, 0.05) is 17.1 Å². The van der Waals surface area contributed by atoms with Gasteiger partial charge < -0.3 is 5.32 Å². The topological polar surface area (TPSA) is 12.0 Å². The Kier molecular flexibility index (Phi) is 6.90. The van der Waals surface area contributed by atoms with E-state index in [0.29, 0.717) is 23.0 Å². The standard InChI is InChI=1S/C11H15ClFN.ClH/c1-8(2)6-14-7-9-10(12)4-3-5-11(9)13;/h3-5,8,14H,6-7H2,1-2H3;1H. The second kappa shape index (κ2) is 7.04. The molecule has 1 rings (SSSR count). The summed E-state index contributed by atoms with van der Waals surface area (Å²) in [6, 6.07) is 4.75. The summed E-state index contributed by atoms with van der Waals surface area (Å²) < 4.78 is 13.3. The average Bonchev–Trinajstić information content (AvgIpc) is 2.09. The van der Waals surface area contributed by atoms with Gasteiger partial charge in [0.1, 0.15) is 5.82 Å². The lowest BCUT2D eigenvalue weighted by Gasteiger charge is -2.09. The minimum atomic E-state index is -0.242. The normalized spacial score (nSPS) is 10.2. The summed E-state index contributed by atoms with van der Waals surface area (Å²) in [7, 11) is 0. The van der Waals surface area contributed by atoms with E-state index in [2.05, 4.69) is 19.2 Å². The molecule has 0 atom stereocenters. The van der Waals surface area contributed by atoms with Crippen LogP contribution in [0.5, 0.6) is 0 Å².